The zero-order valence-electron chi connectivity index (χ0n) is 15.8. The molecule has 1 spiro atoms. The van der Waals surface area contributed by atoms with E-state index in [1.54, 1.807) is 0 Å². The molecule has 4 heteroatoms. The molecule has 2 aliphatic rings. The highest BCUT2D eigenvalue weighted by Gasteiger charge is 2.43. The quantitative estimate of drug-likeness (QED) is 0.701. The van der Waals surface area contributed by atoms with Gasteiger partial charge >= 0.3 is 0 Å². The molecule has 0 bridgehead atoms. The van der Waals surface area contributed by atoms with Crippen LogP contribution >= 0.6 is 0 Å². The van der Waals surface area contributed by atoms with Crippen molar-refractivity contribution >= 4 is 16.8 Å². The number of para-hydroxylation sites is 1. The van der Waals surface area contributed by atoms with Crippen molar-refractivity contribution in [2.24, 2.45) is 0 Å². The standard InChI is InChI=1S/C23H24N2O2/c1-15-7-8-19-17(13-15)16(2)21(24-19)22(26)25-11-9-23(10-12-25)14-27-20-6-4-3-5-18(20)23/h3-8,13,24H,9-12,14H2,1-2H3. The first-order valence-corrected chi connectivity index (χ1v) is 9.68. The number of nitrogens with one attached hydrogen (secondary N) is 1. The number of fused-ring (bicyclic) bond motifs is 3. The van der Waals surface area contributed by atoms with E-state index in [2.05, 4.69) is 48.3 Å². The average Bonchev–Trinajstić information content (AvgIpc) is 3.21. The van der Waals surface area contributed by atoms with Crippen LogP contribution in [-0.4, -0.2) is 35.5 Å². The molecule has 2 aliphatic heterocycles. The van der Waals surface area contributed by atoms with Crippen LogP contribution in [0.25, 0.3) is 10.9 Å². The molecule has 138 valence electrons. The molecule has 1 N–H and O–H groups in total. The van der Waals surface area contributed by atoms with Gasteiger partial charge in [-0.2, -0.15) is 0 Å². The number of likely N-dealkylation sites (tertiary alicyclic amines) is 1. The molecular weight excluding hydrogens is 336 g/mol. The SMILES string of the molecule is Cc1ccc2[nH]c(C(=O)N3CCC4(CC3)COc3ccccc34)c(C)c2c1. The highest BCUT2D eigenvalue weighted by atomic mass is 16.5. The summed E-state index contributed by atoms with van der Waals surface area (Å²) < 4.78 is 5.93. The Morgan fingerprint density at radius 1 is 1.11 bits per heavy atom. The summed E-state index contributed by atoms with van der Waals surface area (Å²) in [4.78, 5) is 18.5. The summed E-state index contributed by atoms with van der Waals surface area (Å²) in [6, 6.07) is 14.6. The number of rotatable bonds is 1. The Morgan fingerprint density at radius 3 is 2.70 bits per heavy atom. The van der Waals surface area contributed by atoms with E-state index in [-0.39, 0.29) is 11.3 Å². The van der Waals surface area contributed by atoms with Gasteiger partial charge < -0.3 is 14.6 Å². The monoisotopic (exact) mass is 360 g/mol. The number of carbonyl (C=O) groups is 1. The highest BCUT2D eigenvalue weighted by Crippen LogP contribution is 2.45. The Morgan fingerprint density at radius 2 is 1.89 bits per heavy atom. The topological polar surface area (TPSA) is 45.3 Å². The second kappa shape index (κ2) is 5.88. The Labute approximate surface area is 159 Å². The second-order valence-corrected chi connectivity index (χ2v) is 8.03. The van der Waals surface area contributed by atoms with Crippen LogP contribution in [0, 0.1) is 13.8 Å². The van der Waals surface area contributed by atoms with Crippen LogP contribution in [0.2, 0.25) is 0 Å². The Kier molecular flexibility index (Phi) is 3.58. The number of carbonyl (C=O) groups excluding carboxylic acids is 1. The summed E-state index contributed by atoms with van der Waals surface area (Å²) >= 11 is 0. The lowest BCUT2D eigenvalue weighted by Crippen LogP contribution is -2.46. The summed E-state index contributed by atoms with van der Waals surface area (Å²) in [7, 11) is 0. The van der Waals surface area contributed by atoms with Crippen molar-refractivity contribution < 1.29 is 9.53 Å². The largest absolute Gasteiger partial charge is 0.492 e. The van der Waals surface area contributed by atoms with Crippen LogP contribution in [0.1, 0.15) is 40.0 Å². The number of aromatic amines is 1. The molecule has 0 unspecified atom stereocenters. The van der Waals surface area contributed by atoms with Crippen molar-refractivity contribution in [3.05, 3.63) is 64.8 Å². The third-order valence-electron chi connectivity index (χ3n) is 6.40. The van der Waals surface area contributed by atoms with Crippen molar-refractivity contribution in [3.8, 4) is 5.75 Å². The summed E-state index contributed by atoms with van der Waals surface area (Å²) in [5.41, 5.74) is 5.41. The van der Waals surface area contributed by atoms with Gasteiger partial charge in [-0.05, 0) is 50.5 Å². The van der Waals surface area contributed by atoms with E-state index in [4.69, 9.17) is 4.74 Å². The minimum atomic E-state index is 0.0694. The number of aromatic nitrogens is 1. The van der Waals surface area contributed by atoms with Crippen molar-refractivity contribution in [2.45, 2.75) is 32.1 Å². The maximum absolute atomic E-state index is 13.2. The number of ether oxygens (including phenoxy) is 1. The van der Waals surface area contributed by atoms with E-state index < -0.39 is 0 Å². The van der Waals surface area contributed by atoms with Gasteiger partial charge in [-0.15, -0.1) is 0 Å². The van der Waals surface area contributed by atoms with Gasteiger partial charge in [-0.3, -0.25) is 4.79 Å². The van der Waals surface area contributed by atoms with Crippen LogP contribution in [0.5, 0.6) is 5.75 Å². The lowest BCUT2D eigenvalue weighted by Gasteiger charge is -2.38. The van der Waals surface area contributed by atoms with Gasteiger partial charge in [0.1, 0.15) is 11.4 Å². The Bertz CT molecular complexity index is 1040. The number of benzene rings is 2. The molecule has 2 aromatic carbocycles. The lowest BCUT2D eigenvalue weighted by atomic mass is 9.74. The molecule has 0 radical (unpaired) electrons. The summed E-state index contributed by atoms with van der Waals surface area (Å²) in [6.45, 7) is 6.39. The van der Waals surface area contributed by atoms with Crippen LogP contribution in [0.15, 0.2) is 42.5 Å². The maximum atomic E-state index is 13.2. The number of piperidine rings is 1. The van der Waals surface area contributed by atoms with Crippen molar-refractivity contribution in [2.75, 3.05) is 19.7 Å². The molecule has 0 saturated carbocycles. The molecule has 5 rings (SSSR count). The van der Waals surface area contributed by atoms with Crippen LogP contribution in [-0.2, 0) is 5.41 Å². The fraction of sp³-hybridized carbons (Fsp3) is 0.348. The normalized spacial score (nSPS) is 17.9. The van der Waals surface area contributed by atoms with E-state index in [1.165, 1.54) is 11.1 Å². The summed E-state index contributed by atoms with van der Waals surface area (Å²) in [5, 5.41) is 1.14. The van der Waals surface area contributed by atoms with Crippen LogP contribution in [0.4, 0.5) is 0 Å². The number of aryl methyl sites for hydroxylation is 2. The van der Waals surface area contributed by atoms with E-state index in [1.807, 2.05) is 17.9 Å². The maximum Gasteiger partial charge on any atom is 0.270 e. The van der Waals surface area contributed by atoms with E-state index in [9.17, 15) is 4.79 Å². The minimum absolute atomic E-state index is 0.0694. The molecule has 4 nitrogen and oxygen atoms in total. The van der Waals surface area contributed by atoms with E-state index in [0.29, 0.717) is 0 Å². The molecule has 3 aromatic rings. The molecule has 0 atom stereocenters. The minimum Gasteiger partial charge on any atom is -0.492 e. The molecule has 0 aliphatic carbocycles. The van der Waals surface area contributed by atoms with Crippen molar-refractivity contribution in [3.63, 3.8) is 0 Å². The number of hydrogen-bond donors (Lipinski definition) is 1. The fourth-order valence-electron chi connectivity index (χ4n) is 4.69. The third kappa shape index (κ3) is 2.47. The van der Waals surface area contributed by atoms with Gasteiger partial charge in [0, 0.05) is 35.0 Å². The molecule has 1 saturated heterocycles. The first-order valence-electron chi connectivity index (χ1n) is 9.68. The molecule has 27 heavy (non-hydrogen) atoms. The van der Waals surface area contributed by atoms with Crippen molar-refractivity contribution in [1.29, 1.82) is 0 Å². The average molecular weight is 360 g/mol. The van der Waals surface area contributed by atoms with Gasteiger partial charge in [0.25, 0.3) is 5.91 Å². The number of hydrogen-bond acceptors (Lipinski definition) is 2. The number of amides is 1. The summed E-state index contributed by atoms with van der Waals surface area (Å²) in [6.07, 6.45) is 1.91. The predicted octanol–water partition coefficient (Wildman–Crippen LogP) is 4.35. The third-order valence-corrected chi connectivity index (χ3v) is 6.40. The van der Waals surface area contributed by atoms with Gasteiger partial charge in [0.2, 0.25) is 0 Å². The predicted molar refractivity (Wildman–Crippen MR) is 107 cm³/mol. The molecule has 1 aromatic heterocycles. The number of nitrogens with zero attached hydrogens (tertiary/aromatic N) is 1. The van der Waals surface area contributed by atoms with E-state index >= 15 is 0 Å². The second-order valence-electron chi connectivity index (χ2n) is 8.03. The van der Waals surface area contributed by atoms with Crippen LogP contribution in [0.3, 0.4) is 0 Å². The molecule has 1 amide bonds. The number of H-pyrrole nitrogens is 1. The van der Waals surface area contributed by atoms with Crippen LogP contribution < -0.4 is 4.74 Å². The fourth-order valence-corrected chi connectivity index (χ4v) is 4.69. The zero-order chi connectivity index (χ0) is 18.6. The first-order chi connectivity index (χ1) is 13.1. The first kappa shape index (κ1) is 16.4. The molecule has 1 fully saturated rings. The van der Waals surface area contributed by atoms with Gasteiger partial charge in [0.05, 0.1) is 6.61 Å². The lowest BCUT2D eigenvalue weighted by molar-refractivity contribution is 0.0641. The smallest absolute Gasteiger partial charge is 0.270 e. The molecule has 3 heterocycles. The zero-order valence-corrected chi connectivity index (χ0v) is 15.8. The highest BCUT2D eigenvalue weighted by molar-refractivity contribution is 6.01. The van der Waals surface area contributed by atoms with Gasteiger partial charge in [-0.1, -0.05) is 29.8 Å². The summed E-state index contributed by atoms with van der Waals surface area (Å²) in [5.74, 6) is 1.13. The Balaban J connectivity index is 1.39. The molecular formula is C23H24N2O2. The van der Waals surface area contributed by atoms with Gasteiger partial charge in [0.15, 0.2) is 0 Å². The van der Waals surface area contributed by atoms with E-state index in [0.717, 1.165) is 60.4 Å². The van der Waals surface area contributed by atoms with Gasteiger partial charge in [-0.25, -0.2) is 0 Å². The Hall–Kier alpha value is -2.75. The van der Waals surface area contributed by atoms with Crippen molar-refractivity contribution in [1.82, 2.24) is 9.88 Å².